The number of benzene rings is 1. The molecule has 0 radical (unpaired) electrons. The number of halogens is 2. The van der Waals surface area contributed by atoms with E-state index < -0.39 is 23.3 Å². The predicted octanol–water partition coefficient (Wildman–Crippen LogP) is 1.96. The van der Waals surface area contributed by atoms with Crippen LogP contribution in [0.5, 0.6) is 0 Å². The zero-order valence-corrected chi connectivity index (χ0v) is 8.34. The van der Waals surface area contributed by atoms with Crippen LogP contribution in [0.25, 0.3) is 0 Å². The lowest BCUT2D eigenvalue weighted by molar-refractivity contribution is 0.0580. The zero-order valence-electron chi connectivity index (χ0n) is 7.58. The molecule has 1 N–H and O–H groups in total. The van der Waals surface area contributed by atoms with Crippen molar-refractivity contribution in [3.05, 3.63) is 34.1 Å². The minimum Gasteiger partial charge on any atom is -0.478 e. The van der Waals surface area contributed by atoms with E-state index in [1.807, 2.05) is 0 Å². The van der Waals surface area contributed by atoms with Gasteiger partial charge in [-0.1, -0.05) is 11.6 Å². The summed E-state index contributed by atoms with van der Waals surface area (Å²) in [5, 5.41) is 8.35. The van der Waals surface area contributed by atoms with Crippen molar-refractivity contribution in [2.24, 2.45) is 0 Å². The normalized spacial score (nSPS) is 9.80. The van der Waals surface area contributed by atoms with Gasteiger partial charge in [0.1, 0.15) is 5.56 Å². The van der Waals surface area contributed by atoms with Gasteiger partial charge in [-0.3, -0.25) is 0 Å². The van der Waals surface area contributed by atoms with Crippen LogP contribution in [0.3, 0.4) is 0 Å². The molecule has 15 heavy (non-hydrogen) atoms. The van der Waals surface area contributed by atoms with Crippen LogP contribution in [0.15, 0.2) is 12.1 Å². The SMILES string of the molecule is COC(=O)c1ccc(Cl)c(F)c1C(=O)O. The smallest absolute Gasteiger partial charge is 0.339 e. The van der Waals surface area contributed by atoms with Gasteiger partial charge in [0.25, 0.3) is 0 Å². The Morgan fingerprint density at radius 2 is 2.07 bits per heavy atom. The quantitative estimate of drug-likeness (QED) is 0.792. The van der Waals surface area contributed by atoms with E-state index in [1.165, 1.54) is 0 Å². The molecule has 80 valence electrons. The molecule has 1 aromatic carbocycles. The molecule has 1 aromatic rings. The Hall–Kier alpha value is -1.62. The third-order valence-electron chi connectivity index (χ3n) is 1.71. The maximum Gasteiger partial charge on any atom is 0.339 e. The molecule has 0 spiro atoms. The number of carbonyl (C=O) groups is 2. The van der Waals surface area contributed by atoms with E-state index in [2.05, 4.69) is 4.74 Å². The van der Waals surface area contributed by atoms with Gasteiger partial charge >= 0.3 is 11.9 Å². The van der Waals surface area contributed by atoms with Crippen molar-refractivity contribution in [2.75, 3.05) is 7.11 Å². The molecule has 0 heterocycles. The Morgan fingerprint density at radius 1 is 1.47 bits per heavy atom. The lowest BCUT2D eigenvalue weighted by atomic mass is 10.1. The average molecular weight is 233 g/mol. The molecular formula is C9H6ClFO4. The predicted molar refractivity (Wildman–Crippen MR) is 49.7 cm³/mol. The van der Waals surface area contributed by atoms with Gasteiger partial charge < -0.3 is 9.84 Å². The van der Waals surface area contributed by atoms with Crippen molar-refractivity contribution in [3.63, 3.8) is 0 Å². The molecule has 0 aliphatic heterocycles. The van der Waals surface area contributed by atoms with Crippen LogP contribution >= 0.6 is 11.6 Å². The highest BCUT2D eigenvalue weighted by Gasteiger charge is 2.23. The van der Waals surface area contributed by atoms with Crippen LogP contribution < -0.4 is 0 Å². The fourth-order valence-corrected chi connectivity index (χ4v) is 1.20. The number of carboxylic acids is 1. The first-order valence-electron chi connectivity index (χ1n) is 3.78. The van der Waals surface area contributed by atoms with E-state index in [0.717, 1.165) is 19.2 Å². The van der Waals surface area contributed by atoms with Crippen LogP contribution in [0, 0.1) is 5.82 Å². The fourth-order valence-electron chi connectivity index (χ4n) is 1.04. The lowest BCUT2D eigenvalue weighted by Crippen LogP contribution is -2.12. The molecule has 4 nitrogen and oxygen atoms in total. The standard InChI is InChI=1S/C9H6ClFO4/c1-15-9(14)4-2-3-5(10)7(11)6(4)8(12)13/h2-3H,1H3,(H,12,13). The summed E-state index contributed by atoms with van der Waals surface area (Å²) in [6.07, 6.45) is 0. The minimum atomic E-state index is -1.57. The van der Waals surface area contributed by atoms with E-state index >= 15 is 0 Å². The van der Waals surface area contributed by atoms with Gasteiger partial charge in [0, 0.05) is 0 Å². The summed E-state index contributed by atoms with van der Waals surface area (Å²) in [5.74, 6) is -3.65. The van der Waals surface area contributed by atoms with Crippen molar-refractivity contribution in [1.82, 2.24) is 0 Å². The van der Waals surface area contributed by atoms with E-state index in [0.29, 0.717) is 0 Å². The Kier molecular flexibility index (Phi) is 3.26. The number of hydrogen-bond donors (Lipinski definition) is 1. The Balaban J connectivity index is 3.46. The summed E-state index contributed by atoms with van der Waals surface area (Å²) >= 11 is 5.39. The molecule has 0 aliphatic rings. The molecule has 0 aromatic heterocycles. The summed E-state index contributed by atoms with van der Waals surface area (Å²) < 4.78 is 17.6. The Bertz CT molecular complexity index is 430. The highest BCUT2D eigenvalue weighted by molar-refractivity contribution is 6.31. The summed E-state index contributed by atoms with van der Waals surface area (Å²) in [6.45, 7) is 0. The van der Waals surface area contributed by atoms with Crippen LogP contribution in [0.1, 0.15) is 20.7 Å². The summed E-state index contributed by atoms with van der Waals surface area (Å²) in [7, 11) is 1.07. The van der Waals surface area contributed by atoms with Gasteiger partial charge in [-0.15, -0.1) is 0 Å². The highest BCUT2D eigenvalue weighted by atomic mass is 35.5. The van der Waals surface area contributed by atoms with Crippen molar-refractivity contribution in [2.45, 2.75) is 0 Å². The molecule has 6 heteroatoms. The molecule has 0 amide bonds. The minimum absolute atomic E-state index is 0.361. The maximum atomic E-state index is 13.3. The first-order chi connectivity index (χ1) is 6.99. The number of rotatable bonds is 2. The molecule has 0 saturated heterocycles. The van der Waals surface area contributed by atoms with Crippen molar-refractivity contribution in [3.8, 4) is 0 Å². The van der Waals surface area contributed by atoms with Gasteiger partial charge in [0.2, 0.25) is 0 Å². The average Bonchev–Trinajstić information content (AvgIpc) is 2.20. The van der Waals surface area contributed by atoms with Crippen LogP contribution in [0.2, 0.25) is 5.02 Å². The molecule has 0 atom stereocenters. The molecule has 0 bridgehead atoms. The number of hydrogen-bond acceptors (Lipinski definition) is 3. The van der Waals surface area contributed by atoms with Gasteiger partial charge in [0.15, 0.2) is 5.82 Å². The van der Waals surface area contributed by atoms with Gasteiger partial charge in [0.05, 0.1) is 17.7 Å². The first-order valence-corrected chi connectivity index (χ1v) is 4.16. The largest absolute Gasteiger partial charge is 0.478 e. The molecule has 0 unspecified atom stereocenters. The summed E-state index contributed by atoms with van der Waals surface area (Å²) in [4.78, 5) is 21.8. The lowest BCUT2D eigenvalue weighted by Gasteiger charge is -2.05. The fraction of sp³-hybridized carbons (Fsp3) is 0.111. The van der Waals surface area contributed by atoms with Crippen molar-refractivity contribution < 1.29 is 23.8 Å². The van der Waals surface area contributed by atoms with E-state index in [9.17, 15) is 14.0 Å². The highest BCUT2D eigenvalue weighted by Crippen LogP contribution is 2.22. The third-order valence-corrected chi connectivity index (χ3v) is 2.01. The monoisotopic (exact) mass is 232 g/mol. The summed E-state index contributed by atoms with van der Waals surface area (Å²) in [5.41, 5.74) is -1.15. The van der Waals surface area contributed by atoms with Gasteiger partial charge in [-0.05, 0) is 12.1 Å². The second-order valence-electron chi connectivity index (χ2n) is 2.58. The molecule has 1 rings (SSSR count). The maximum absolute atomic E-state index is 13.3. The van der Waals surface area contributed by atoms with E-state index in [1.54, 1.807) is 0 Å². The van der Waals surface area contributed by atoms with Gasteiger partial charge in [-0.25, -0.2) is 14.0 Å². The Labute approximate surface area is 89.2 Å². The van der Waals surface area contributed by atoms with Crippen LogP contribution in [-0.2, 0) is 4.74 Å². The second-order valence-corrected chi connectivity index (χ2v) is 2.99. The van der Waals surface area contributed by atoms with E-state index in [-0.39, 0.29) is 10.6 Å². The van der Waals surface area contributed by atoms with Crippen LogP contribution in [-0.4, -0.2) is 24.2 Å². The number of carboxylic acid groups (broad SMARTS) is 1. The first kappa shape index (κ1) is 11.5. The number of carbonyl (C=O) groups excluding carboxylic acids is 1. The second kappa shape index (κ2) is 4.27. The topological polar surface area (TPSA) is 63.6 Å². The summed E-state index contributed by atoms with van der Waals surface area (Å²) in [6, 6.07) is 2.19. The molecule has 0 fully saturated rings. The Morgan fingerprint density at radius 3 is 2.53 bits per heavy atom. The number of ether oxygens (including phenoxy) is 1. The molecular weight excluding hydrogens is 227 g/mol. The number of aromatic carboxylic acids is 1. The number of methoxy groups -OCH3 is 1. The number of esters is 1. The van der Waals surface area contributed by atoms with Gasteiger partial charge in [-0.2, -0.15) is 0 Å². The van der Waals surface area contributed by atoms with Crippen molar-refractivity contribution >= 4 is 23.5 Å². The molecule has 0 saturated carbocycles. The molecule has 0 aliphatic carbocycles. The van der Waals surface area contributed by atoms with E-state index in [4.69, 9.17) is 16.7 Å². The van der Waals surface area contributed by atoms with Crippen LogP contribution in [0.4, 0.5) is 4.39 Å². The zero-order chi connectivity index (χ0) is 11.6. The van der Waals surface area contributed by atoms with Crippen molar-refractivity contribution in [1.29, 1.82) is 0 Å². The third kappa shape index (κ3) is 2.07.